The molecule has 0 bridgehead atoms. The monoisotopic (exact) mass is 270 g/mol. The Bertz CT molecular complexity index is 188. The Morgan fingerprint density at radius 2 is 1.58 bits per heavy atom. The van der Waals surface area contributed by atoms with Crippen LogP contribution in [0.15, 0.2) is 0 Å². The molecule has 0 fully saturated rings. The van der Waals surface area contributed by atoms with Crippen LogP contribution in [0.2, 0.25) is 0 Å². The normalized spacial score (nSPS) is 13.7. The zero-order valence-corrected chi connectivity index (χ0v) is 14.3. The first-order valence-electron chi connectivity index (χ1n) is 8.53. The van der Waals surface area contributed by atoms with Crippen molar-refractivity contribution in [3.05, 3.63) is 0 Å². The van der Waals surface area contributed by atoms with Gasteiger partial charge in [0, 0.05) is 18.6 Å². The lowest BCUT2D eigenvalue weighted by atomic mass is 10.0. The third kappa shape index (κ3) is 8.65. The van der Waals surface area contributed by atoms with Crippen molar-refractivity contribution in [3.8, 4) is 0 Å². The molecule has 0 radical (unpaired) electrons. The van der Waals surface area contributed by atoms with Gasteiger partial charge in [0.25, 0.3) is 0 Å². The van der Waals surface area contributed by atoms with E-state index in [-0.39, 0.29) is 0 Å². The molecule has 2 nitrogen and oxygen atoms in total. The minimum absolute atomic E-state index is 0.718. The summed E-state index contributed by atoms with van der Waals surface area (Å²) in [6, 6.07) is 1.48. The average Bonchev–Trinajstić information content (AvgIpc) is 2.38. The molecular weight excluding hydrogens is 232 g/mol. The molecule has 0 spiro atoms. The fraction of sp³-hybridized carbons (Fsp3) is 1.00. The van der Waals surface area contributed by atoms with E-state index in [9.17, 15) is 0 Å². The molecule has 0 rings (SSSR count). The molecule has 1 unspecified atom stereocenters. The molecule has 0 heterocycles. The van der Waals surface area contributed by atoms with Crippen molar-refractivity contribution in [2.24, 2.45) is 5.92 Å². The number of nitrogens with one attached hydrogen (secondary N) is 1. The largest absolute Gasteiger partial charge is 0.317 e. The van der Waals surface area contributed by atoms with Crippen LogP contribution in [0.25, 0.3) is 0 Å². The summed E-state index contributed by atoms with van der Waals surface area (Å²) in [5.41, 5.74) is 0. The van der Waals surface area contributed by atoms with E-state index in [1.165, 1.54) is 45.2 Å². The van der Waals surface area contributed by atoms with Gasteiger partial charge in [-0.25, -0.2) is 0 Å². The third-order valence-electron chi connectivity index (χ3n) is 3.96. The molecule has 0 aromatic carbocycles. The van der Waals surface area contributed by atoms with Gasteiger partial charge in [-0.15, -0.1) is 0 Å². The lowest BCUT2D eigenvalue weighted by Gasteiger charge is -2.37. The molecule has 0 aromatic rings. The first-order chi connectivity index (χ1) is 9.06. The summed E-state index contributed by atoms with van der Waals surface area (Å²) < 4.78 is 0. The lowest BCUT2D eigenvalue weighted by molar-refractivity contribution is 0.111. The molecule has 1 atom stereocenters. The minimum Gasteiger partial charge on any atom is -0.317 e. The zero-order chi connectivity index (χ0) is 14.7. The zero-order valence-electron chi connectivity index (χ0n) is 14.3. The van der Waals surface area contributed by atoms with Gasteiger partial charge < -0.3 is 5.32 Å². The Balaban J connectivity index is 4.17. The highest BCUT2D eigenvalue weighted by Crippen LogP contribution is 2.17. The van der Waals surface area contributed by atoms with Gasteiger partial charge in [-0.05, 0) is 58.0 Å². The van der Waals surface area contributed by atoms with E-state index in [1.807, 2.05) is 0 Å². The van der Waals surface area contributed by atoms with Gasteiger partial charge in [-0.3, -0.25) is 4.90 Å². The first-order valence-corrected chi connectivity index (χ1v) is 8.53. The number of rotatable bonds is 12. The smallest absolute Gasteiger partial charge is 0.00929 e. The summed E-state index contributed by atoms with van der Waals surface area (Å²) in [6.45, 7) is 17.6. The molecule has 116 valence electrons. The van der Waals surface area contributed by atoms with Crippen LogP contribution in [-0.2, 0) is 0 Å². The lowest BCUT2D eigenvalue weighted by Crippen LogP contribution is -2.43. The van der Waals surface area contributed by atoms with Crippen molar-refractivity contribution in [3.63, 3.8) is 0 Å². The second kappa shape index (κ2) is 11.7. The highest BCUT2D eigenvalue weighted by molar-refractivity contribution is 4.76. The van der Waals surface area contributed by atoms with Crippen molar-refractivity contribution >= 4 is 0 Å². The molecule has 1 N–H and O–H groups in total. The Labute approximate surface area is 122 Å². The predicted octanol–water partition coefficient (Wildman–Crippen LogP) is 4.30. The molecule has 0 amide bonds. The summed E-state index contributed by atoms with van der Waals surface area (Å²) in [7, 11) is 0. The van der Waals surface area contributed by atoms with E-state index in [2.05, 4.69) is 51.8 Å². The Hall–Kier alpha value is -0.0800. The second-order valence-electron chi connectivity index (χ2n) is 6.30. The van der Waals surface area contributed by atoms with E-state index in [0.29, 0.717) is 0 Å². The third-order valence-corrected chi connectivity index (χ3v) is 3.96. The number of nitrogens with zero attached hydrogens (tertiary/aromatic N) is 1. The van der Waals surface area contributed by atoms with Crippen molar-refractivity contribution in [1.82, 2.24) is 10.2 Å². The molecule has 0 saturated carbocycles. The van der Waals surface area contributed by atoms with Crippen molar-refractivity contribution in [2.75, 3.05) is 19.6 Å². The Morgan fingerprint density at radius 3 is 2.05 bits per heavy atom. The van der Waals surface area contributed by atoms with Gasteiger partial charge in [0.05, 0.1) is 0 Å². The highest BCUT2D eigenvalue weighted by atomic mass is 15.2. The van der Waals surface area contributed by atoms with E-state index in [1.54, 1.807) is 0 Å². The molecule has 0 saturated heterocycles. The Morgan fingerprint density at radius 1 is 0.947 bits per heavy atom. The van der Waals surface area contributed by atoms with Gasteiger partial charge >= 0.3 is 0 Å². The summed E-state index contributed by atoms with van der Waals surface area (Å²) in [5, 5.41) is 3.51. The van der Waals surface area contributed by atoms with Crippen LogP contribution in [0.5, 0.6) is 0 Å². The first kappa shape index (κ1) is 18.9. The van der Waals surface area contributed by atoms with E-state index >= 15 is 0 Å². The fourth-order valence-electron chi connectivity index (χ4n) is 2.86. The molecule has 19 heavy (non-hydrogen) atoms. The second-order valence-corrected chi connectivity index (χ2v) is 6.30. The summed E-state index contributed by atoms with van der Waals surface area (Å²) in [4.78, 5) is 2.75. The molecule has 2 heteroatoms. The van der Waals surface area contributed by atoms with Crippen LogP contribution in [-0.4, -0.2) is 36.6 Å². The summed E-state index contributed by atoms with van der Waals surface area (Å²) in [6.07, 6.45) is 6.42. The van der Waals surface area contributed by atoms with Gasteiger partial charge in [0.2, 0.25) is 0 Å². The predicted molar refractivity (Wildman–Crippen MR) is 87.8 cm³/mol. The maximum absolute atomic E-state index is 3.51. The van der Waals surface area contributed by atoms with Crippen LogP contribution < -0.4 is 5.32 Å². The van der Waals surface area contributed by atoms with E-state index < -0.39 is 0 Å². The van der Waals surface area contributed by atoms with Gasteiger partial charge in [-0.1, -0.05) is 34.6 Å². The van der Waals surface area contributed by atoms with E-state index in [4.69, 9.17) is 0 Å². The quantitative estimate of drug-likeness (QED) is 0.532. The van der Waals surface area contributed by atoms with Gasteiger partial charge in [0.1, 0.15) is 0 Å². The highest BCUT2D eigenvalue weighted by Gasteiger charge is 2.21. The number of hydrogen-bond acceptors (Lipinski definition) is 2. The molecule has 0 aliphatic carbocycles. The molecule has 0 aliphatic heterocycles. The van der Waals surface area contributed by atoms with Crippen molar-refractivity contribution in [1.29, 1.82) is 0 Å². The van der Waals surface area contributed by atoms with E-state index in [0.717, 1.165) is 24.5 Å². The average molecular weight is 271 g/mol. The summed E-state index contributed by atoms with van der Waals surface area (Å²) in [5.74, 6) is 0.765. The minimum atomic E-state index is 0.718. The summed E-state index contributed by atoms with van der Waals surface area (Å²) >= 11 is 0. The topological polar surface area (TPSA) is 15.3 Å². The van der Waals surface area contributed by atoms with Crippen LogP contribution in [0.3, 0.4) is 0 Å². The molecular formula is C17H38N2. The van der Waals surface area contributed by atoms with Crippen LogP contribution >= 0.6 is 0 Å². The number of hydrogen-bond donors (Lipinski definition) is 1. The maximum atomic E-state index is 3.51. The van der Waals surface area contributed by atoms with Crippen molar-refractivity contribution in [2.45, 2.75) is 85.7 Å². The van der Waals surface area contributed by atoms with Crippen molar-refractivity contribution < 1.29 is 0 Å². The van der Waals surface area contributed by atoms with Gasteiger partial charge in [0.15, 0.2) is 0 Å². The van der Waals surface area contributed by atoms with Crippen LogP contribution in [0, 0.1) is 5.92 Å². The van der Waals surface area contributed by atoms with Crippen LogP contribution in [0.4, 0.5) is 0 Å². The van der Waals surface area contributed by atoms with Crippen LogP contribution in [0.1, 0.15) is 73.6 Å². The fourth-order valence-corrected chi connectivity index (χ4v) is 2.86. The van der Waals surface area contributed by atoms with Gasteiger partial charge in [-0.2, -0.15) is 0 Å². The molecule has 0 aromatic heterocycles. The standard InChI is InChI=1S/C17H38N2/c1-7-12-18-13-10-11-16(6)19(14-15(4)5)17(8-2)9-3/h15-18H,7-14H2,1-6H3. The maximum Gasteiger partial charge on any atom is 0.00929 e. The molecule has 0 aliphatic rings. The Kier molecular flexibility index (Phi) is 11.7. The SMILES string of the molecule is CCCNCCCC(C)N(CC(C)C)C(CC)CC.